The van der Waals surface area contributed by atoms with Crippen molar-refractivity contribution in [3.63, 3.8) is 0 Å². The number of amides is 2. The molecule has 8 nitrogen and oxygen atoms in total. The number of piperidine rings is 1. The summed E-state index contributed by atoms with van der Waals surface area (Å²) in [7, 11) is 0. The molecule has 1 aliphatic rings. The van der Waals surface area contributed by atoms with Crippen LogP contribution in [0.3, 0.4) is 0 Å². The SMILES string of the molecule is Cc1ccc2nsnc2c1NC(=O)N[C@H]1CCCN(c2cnccn2)C1. The zero-order chi connectivity index (χ0) is 17.9. The fourth-order valence-electron chi connectivity index (χ4n) is 3.20. The van der Waals surface area contributed by atoms with E-state index in [9.17, 15) is 4.79 Å². The maximum absolute atomic E-state index is 12.5. The van der Waals surface area contributed by atoms with Gasteiger partial charge in [-0.2, -0.15) is 8.75 Å². The van der Waals surface area contributed by atoms with Crippen LogP contribution in [0.4, 0.5) is 16.3 Å². The molecule has 1 fully saturated rings. The number of aromatic nitrogens is 4. The van der Waals surface area contributed by atoms with Gasteiger partial charge in [0.15, 0.2) is 0 Å². The topological polar surface area (TPSA) is 95.9 Å². The Morgan fingerprint density at radius 1 is 1.31 bits per heavy atom. The first-order valence-electron chi connectivity index (χ1n) is 8.51. The van der Waals surface area contributed by atoms with Crippen LogP contribution >= 0.6 is 11.7 Å². The van der Waals surface area contributed by atoms with Crippen LogP contribution < -0.4 is 15.5 Å². The Kier molecular flexibility index (Phi) is 4.61. The summed E-state index contributed by atoms with van der Waals surface area (Å²) >= 11 is 1.15. The Morgan fingerprint density at radius 2 is 2.23 bits per heavy atom. The van der Waals surface area contributed by atoms with Gasteiger partial charge in [-0.25, -0.2) is 9.78 Å². The predicted octanol–water partition coefficient (Wildman–Crippen LogP) is 2.58. The Morgan fingerprint density at radius 3 is 3.08 bits per heavy atom. The maximum Gasteiger partial charge on any atom is 0.319 e. The zero-order valence-electron chi connectivity index (χ0n) is 14.3. The molecule has 26 heavy (non-hydrogen) atoms. The molecule has 1 atom stereocenters. The van der Waals surface area contributed by atoms with Crippen LogP contribution in [0, 0.1) is 6.92 Å². The Labute approximate surface area is 155 Å². The van der Waals surface area contributed by atoms with Crippen molar-refractivity contribution in [2.24, 2.45) is 0 Å². The highest BCUT2D eigenvalue weighted by molar-refractivity contribution is 7.00. The molecule has 2 aromatic heterocycles. The summed E-state index contributed by atoms with van der Waals surface area (Å²) in [6, 6.07) is 3.69. The minimum Gasteiger partial charge on any atom is -0.353 e. The number of urea groups is 1. The minimum absolute atomic E-state index is 0.0545. The molecule has 1 saturated heterocycles. The molecule has 2 N–H and O–H groups in total. The number of carbonyl (C=O) groups excluding carboxylic acids is 1. The van der Waals surface area contributed by atoms with Crippen molar-refractivity contribution >= 4 is 40.3 Å². The van der Waals surface area contributed by atoms with E-state index in [-0.39, 0.29) is 12.1 Å². The van der Waals surface area contributed by atoms with Crippen LogP contribution in [-0.4, -0.2) is 43.9 Å². The number of aryl methyl sites for hydroxylation is 1. The number of hydrogen-bond acceptors (Lipinski definition) is 7. The van der Waals surface area contributed by atoms with Crippen LogP contribution in [0.1, 0.15) is 18.4 Å². The molecule has 0 aliphatic carbocycles. The monoisotopic (exact) mass is 369 g/mol. The van der Waals surface area contributed by atoms with E-state index in [1.54, 1.807) is 18.6 Å². The first kappa shape index (κ1) is 16.6. The van der Waals surface area contributed by atoms with E-state index in [1.165, 1.54) is 0 Å². The van der Waals surface area contributed by atoms with Gasteiger partial charge >= 0.3 is 6.03 Å². The molecule has 4 rings (SSSR count). The molecule has 0 saturated carbocycles. The maximum atomic E-state index is 12.5. The second kappa shape index (κ2) is 7.20. The summed E-state index contributed by atoms with van der Waals surface area (Å²) in [6.07, 6.45) is 7.02. The standard InChI is InChI=1S/C17H19N7OS/c1-11-4-5-13-16(23-26-22-13)15(11)21-17(25)20-12-3-2-8-24(10-12)14-9-18-6-7-19-14/h4-7,9,12H,2-3,8,10H2,1H3,(H2,20,21,25)/t12-/m0/s1. The number of anilines is 2. The van der Waals surface area contributed by atoms with E-state index >= 15 is 0 Å². The van der Waals surface area contributed by atoms with Gasteiger partial charge in [-0.3, -0.25) is 4.98 Å². The average Bonchev–Trinajstić information content (AvgIpc) is 3.14. The third-order valence-electron chi connectivity index (χ3n) is 4.50. The molecule has 1 aromatic carbocycles. The van der Waals surface area contributed by atoms with Crippen molar-refractivity contribution in [3.8, 4) is 0 Å². The lowest BCUT2D eigenvalue weighted by atomic mass is 10.1. The fourth-order valence-corrected chi connectivity index (χ4v) is 3.75. The van der Waals surface area contributed by atoms with Gasteiger partial charge in [0.05, 0.1) is 23.6 Å². The number of nitrogens with one attached hydrogen (secondary N) is 2. The van der Waals surface area contributed by atoms with Crippen molar-refractivity contribution in [1.29, 1.82) is 0 Å². The molecule has 3 aromatic rings. The Balaban J connectivity index is 1.43. The van der Waals surface area contributed by atoms with E-state index in [1.807, 2.05) is 19.1 Å². The second-order valence-corrected chi connectivity index (χ2v) is 6.87. The predicted molar refractivity (Wildman–Crippen MR) is 102 cm³/mol. The van der Waals surface area contributed by atoms with Crippen LogP contribution in [0.2, 0.25) is 0 Å². The lowest BCUT2D eigenvalue weighted by Crippen LogP contribution is -2.49. The number of carbonyl (C=O) groups is 1. The molecule has 0 unspecified atom stereocenters. The molecule has 3 heterocycles. The molecule has 9 heteroatoms. The highest BCUT2D eigenvalue weighted by atomic mass is 32.1. The number of benzene rings is 1. The van der Waals surface area contributed by atoms with Crippen molar-refractivity contribution in [2.75, 3.05) is 23.3 Å². The van der Waals surface area contributed by atoms with Gasteiger partial charge in [0.1, 0.15) is 16.9 Å². The molecular weight excluding hydrogens is 350 g/mol. The average molecular weight is 369 g/mol. The highest BCUT2D eigenvalue weighted by Gasteiger charge is 2.23. The third-order valence-corrected chi connectivity index (χ3v) is 5.05. The number of nitrogens with zero attached hydrogens (tertiary/aromatic N) is 5. The van der Waals surface area contributed by atoms with Crippen LogP contribution in [0.15, 0.2) is 30.7 Å². The summed E-state index contributed by atoms with van der Waals surface area (Å²) in [4.78, 5) is 23.1. The fraction of sp³-hybridized carbons (Fsp3) is 0.353. The lowest BCUT2D eigenvalue weighted by Gasteiger charge is -2.33. The number of rotatable bonds is 3. The van der Waals surface area contributed by atoms with Crippen molar-refractivity contribution in [1.82, 2.24) is 24.0 Å². The Hall–Kier alpha value is -2.81. The molecule has 134 valence electrons. The number of fused-ring (bicyclic) bond motifs is 1. The van der Waals surface area contributed by atoms with Gasteiger partial charge in [-0.15, -0.1) is 0 Å². The van der Waals surface area contributed by atoms with E-state index in [0.717, 1.165) is 59.2 Å². The zero-order valence-corrected chi connectivity index (χ0v) is 15.2. The summed E-state index contributed by atoms with van der Waals surface area (Å²) in [5, 5.41) is 6.02. The summed E-state index contributed by atoms with van der Waals surface area (Å²) in [6.45, 7) is 3.58. The molecule has 0 radical (unpaired) electrons. The van der Waals surface area contributed by atoms with Crippen molar-refractivity contribution < 1.29 is 4.79 Å². The van der Waals surface area contributed by atoms with Gasteiger partial charge < -0.3 is 15.5 Å². The van der Waals surface area contributed by atoms with Crippen molar-refractivity contribution in [3.05, 3.63) is 36.3 Å². The van der Waals surface area contributed by atoms with Crippen LogP contribution in [-0.2, 0) is 0 Å². The van der Waals surface area contributed by atoms with Crippen molar-refractivity contribution in [2.45, 2.75) is 25.8 Å². The number of hydrogen-bond donors (Lipinski definition) is 2. The van der Waals surface area contributed by atoms with Gasteiger partial charge in [0.2, 0.25) is 0 Å². The van der Waals surface area contributed by atoms with Gasteiger partial charge in [-0.05, 0) is 31.4 Å². The molecule has 1 aliphatic heterocycles. The molecule has 0 bridgehead atoms. The minimum atomic E-state index is -0.223. The summed E-state index contributed by atoms with van der Waals surface area (Å²) < 4.78 is 8.52. The van der Waals surface area contributed by atoms with Gasteiger partial charge in [-0.1, -0.05) is 6.07 Å². The lowest BCUT2D eigenvalue weighted by molar-refractivity contribution is 0.246. The summed E-state index contributed by atoms with van der Waals surface area (Å²) in [5.41, 5.74) is 3.21. The quantitative estimate of drug-likeness (QED) is 0.737. The van der Waals surface area contributed by atoms with Gasteiger partial charge in [0.25, 0.3) is 0 Å². The second-order valence-electron chi connectivity index (χ2n) is 6.34. The smallest absolute Gasteiger partial charge is 0.319 e. The van der Waals surface area contributed by atoms with E-state index in [0.29, 0.717) is 6.54 Å². The largest absolute Gasteiger partial charge is 0.353 e. The highest BCUT2D eigenvalue weighted by Crippen LogP contribution is 2.25. The normalized spacial score (nSPS) is 17.3. The van der Waals surface area contributed by atoms with Crippen LogP contribution in [0.5, 0.6) is 0 Å². The summed E-state index contributed by atoms with van der Waals surface area (Å²) in [5.74, 6) is 0.841. The molecule has 2 amide bonds. The first-order valence-corrected chi connectivity index (χ1v) is 9.24. The first-order chi connectivity index (χ1) is 12.7. The third kappa shape index (κ3) is 3.43. The Bertz CT molecular complexity index is 914. The van der Waals surface area contributed by atoms with Crippen LogP contribution in [0.25, 0.3) is 11.0 Å². The molecular formula is C17H19N7OS. The molecule has 0 spiro atoms. The van der Waals surface area contributed by atoms with Gasteiger partial charge in [0, 0.05) is 31.5 Å². The van der Waals surface area contributed by atoms with E-state index in [4.69, 9.17) is 0 Å². The van der Waals surface area contributed by atoms with E-state index < -0.39 is 0 Å². The van der Waals surface area contributed by atoms with E-state index in [2.05, 4.69) is 34.2 Å².